The normalized spacial score (nSPS) is 10.4. The summed E-state index contributed by atoms with van der Waals surface area (Å²) in [4.78, 5) is 26.9. The van der Waals surface area contributed by atoms with Crippen LogP contribution in [-0.4, -0.2) is 35.2 Å². The topological polar surface area (TPSA) is 130 Å². The van der Waals surface area contributed by atoms with Gasteiger partial charge in [-0.15, -0.1) is 0 Å². The molecule has 150 valence electrons. The van der Waals surface area contributed by atoms with Crippen LogP contribution in [0.3, 0.4) is 0 Å². The molecule has 0 saturated carbocycles. The van der Waals surface area contributed by atoms with Gasteiger partial charge in [-0.05, 0) is 31.2 Å². The molecule has 0 spiro atoms. The molecule has 0 aliphatic carbocycles. The number of nitrogens with zero attached hydrogens (tertiary/aromatic N) is 3. The largest absolute Gasteiger partial charge is 0.497 e. The van der Waals surface area contributed by atoms with Crippen molar-refractivity contribution in [1.29, 1.82) is 0 Å². The van der Waals surface area contributed by atoms with Crippen LogP contribution in [0.25, 0.3) is 11.4 Å². The first kappa shape index (κ1) is 19.8. The zero-order chi connectivity index (χ0) is 21.0. The first-order valence-corrected chi connectivity index (χ1v) is 8.51. The van der Waals surface area contributed by atoms with Gasteiger partial charge in [0.05, 0.1) is 31.3 Å². The van der Waals surface area contributed by atoms with E-state index in [1.54, 1.807) is 32.2 Å². The Kier molecular flexibility index (Phi) is 5.72. The quantitative estimate of drug-likeness (QED) is 0.475. The molecule has 1 aromatic heterocycles. The lowest BCUT2D eigenvalue weighted by Gasteiger charge is -2.07. The molecule has 10 heteroatoms. The maximum absolute atomic E-state index is 12.3. The third kappa shape index (κ3) is 4.32. The number of nitro groups is 1. The summed E-state index contributed by atoms with van der Waals surface area (Å²) in [7, 11) is 3.07. The summed E-state index contributed by atoms with van der Waals surface area (Å²) >= 11 is 0. The van der Waals surface area contributed by atoms with Crippen LogP contribution in [0.4, 0.5) is 5.69 Å². The highest BCUT2D eigenvalue weighted by molar-refractivity contribution is 5.94. The van der Waals surface area contributed by atoms with Crippen molar-refractivity contribution < 1.29 is 23.7 Å². The number of rotatable bonds is 7. The number of hydrogen-bond acceptors (Lipinski definition) is 8. The van der Waals surface area contributed by atoms with Gasteiger partial charge in [0.25, 0.3) is 11.6 Å². The number of aromatic nitrogens is 2. The lowest BCUT2D eigenvalue weighted by molar-refractivity contribution is -0.385. The molecule has 0 radical (unpaired) electrons. The maximum atomic E-state index is 12.3. The molecule has 0 fully saturated rings. The molecule has 3 rings (SSSR count). The van der Waals surface area contributed by atoms with E-state index in [1.165, 1.54) is 25.3 Å². The molecule has 0 atom stereocenters. The molecule has 0 unspecified atom stereocenters. The molecule has 2 aromatic carbocycles. The molecule has 29 heavy (non-hydrogen) atoms. The third-order valence-electron chi connectivity index (χ3n) is 4.17. The second-order valence-corrected chi connectivity index (χ2v) is 6.02. The number of aryl methyl sites for hydroxylation is 1. The number of methoxy groups -OCH3 is 2. The second kappa shape index (κ2) is 8.38. The smallest absolute Gasteiger partial charge is 0.272 e. The lowest BCUT2D eigenvalue weighted by Crippen LogP contribution is -2.23. The van der Waals surface area contributed by atoms with E-state index in [2.05, 4.69) is 15.5 Å². The third-order valence-corrected chi connectivity index (χ3v) is 4.17. The minimum Gasteiger partial charge on any atom is -0.497 e. The van der Waals surface area contributed by atoms with Crippen LogP contribution >= 0.6 is 0 Å². The molecule has 1 heterocycles. The molecule has 0 bridgehead atoms. The van der Waals surface area contributed by atoms with Gasteiger partial charge in [0.15, 0.2) is 0 Å². The van der Waals surface area contributed by atoms with Crippen molar-refractivity contribution in [2.75, 3.05) is 14.2 Å². The van der Waals surface area contributed by atoms with Crippen molar-refractivity contribution in [3.63, 3.8) is 0 Å². The van der Waals surface area contributed by atoms with Gasteiger partial charge in [0, 0.05) is 23.3 Å². The van der Waals surface area contributed by atoms with Gasteiger partial charge in [-0.2, -0.15) is 4.98 Å². The van der Waals surface area contributed by atoms with Crippen molar-refractivity contribution in [2.24, 2.45) is 0 Å². The standard InChI is InChI=1S/C19H18N4O6/c1-11-8-12(4-7-15(11)23(25)26)19(24)20-10-17-21-18(22-29-17)14-6-5-13(27-2)9-16(14)28-3/h4-9H,10H2,1-3H3,(H,20,24). The van der Waals surface area contributed by atoms with E-state index < -0.39 is 10.8 Å². The van der Waals surface area contributed by atoms with Crippen LogP contribution in [0.2, 0.25) is 0 Å². The summed E-state index contributed by atoms with van der Waals surface area (Å²) in [5, 5.41) is 17.4. The van der Waals surface area contributed by atoms with Gasteiger partial charge in [-0.1, -0.05) is 5.16 Å². The van der Waals surface area contributed by atoms with Gasteiger partial charge < -0.3 is 19.3 Å². The highest BCUT2D eigenvalue weighted by Crippen LogP contribution is 2.31. The van der Waals surface area contributed by atoms with Crippen molar-refractivity contribution >= 4 is 11.6 Å². The van der Waals surface area contributed by atoms with Crippen LogP contribution in [0.5, 0.6) is 11.5 Å². The summed E-state index contributed by atoms with van der Waals surface area (Å²) in [6, 6.07) is 9.32. The SMILES string of the molecule is COc1ccc(-c2noc(CNC(=O)c3ccc([N+](=O)[O-])c(C)c3)n2)c(OC)c1. The molecule has 1 amide bonds. The van der Waals surface area contributed by atoms with Crippen molar-refractivity contribution in [3.05, 3.63) is 63.5 Å². The van der Waals surface area contributed by atoms with Crippen molar-refractivity contribution in [3.8, 4) is 22.9 Å². The van der Waals surface area contributed by atoms with E-state index in [4.69, 9.17) is 14.0 Å². The van der Waals surface area contributed by atoms with Crippen LogP contribution in [-0.2, 0) is 6.54 Å². The molecule has 3 aromatic rings. The Bertz CT molecular complexity index is 1060. The Balaban J connectivity index is 1.70. The van der Waals surface area contributed by atoms with E-state index in [9.17, 15) is 14.9 Å². The fraction of sp³-hybridized carbons (Fsp3) is 0.211. The van der Waals surface area contributed by atoms with Gasteiger partial charge in [0.1, 0.15) is 11.5 Å². The number of benzene rings is 2. The Morgan fingerprint density at radius 1 is 1.21 bits per heavy atom. The summed E-state index contributed by atoms with van der Waals surface area (Å²) in [6.07, 6.45) is 0. The molecule has 0 saturated heterocycles. The zero-order valence-corrected chi connectivity index (χ0v) is 16.0. The molecule has 0 aliphatic heterocycles. The summed E-state index contributed by atoms with van der Waals surface area (Å²) in [5.41, 5.74) is 1.26. The van der Waals surface area contributed by atoms with Crippen LogP contribution in [0.15, 0.2) is 40.9 Å². The Labute approximate surface area is 165 Å². The Morgan fingerprint density at radius 3 is 2.66 bits per heavy atom. The van der Waals surface area contributed by atoms with Crippen LogP contribution < -0.4 is 14.8 Å². The monoisotopic (exact) mass is 398 g/mol. The highest BCUT2D eigenvalue weighted by atomic mass is 16.6. The molecular weight excluding hydrogens is 380 g/mol. The molecule has 10 nitrogen and oxygen atoms in total. The number of ether oxygens (including phenoxy) is 2. The second-order valence-electron chi connectivity index (χ2n) is 6.02. The van der Waals surface area contributed by atoms with Crippen molar-refractivity contribution in [2.45, 2.75) is 13.5 Å². The van der Waals surface area contributed by atoms with Gasteiger partial charge in [-0.25, -0.2) is 0 Å². The fourth-order valence-electron chi connectivity index (χ4n) is 2.68. The fourth-order valence-corrected chi connectivity index (χ4v) is 2.68. The van der Waals surface area contributed by atoms with E-state index in [0.717, 1.165) is 0 Å². The highest BCUT2D eigenvalue weighted by Gasteiger charge is 2.17. The van der Waals surface area contributed by atoms with Crippen LogP contribution in [0.1, 0.15) is 21.8 Å². The van der Waals surface area contributed by atoms with Gasteiger partial charge >= 0.3 is 0 Å². The zero-order valence-electron chi connectivity index (χ0n) is 16.0. The van der Waals surface area contributed by atoms with Gasteiger partial charge in [0.2, 0.25) is 11.7 Å². The summed E-state index contributed by atoms with van der Waals surface area (Å²) in [5.74, 6) is 1.23. The van der Waals surface area contributed by atoms with E-state index in [1.807, 2.05) is 0 Å². The number of amides is 1. The first-order valence-electron chi connectivity index (χ1n) is 8.51. The number of hydrogen-bond donors (Lipinski definition) is 1. The number of nitrogens with one attached hydrogen (secondary N) is 1. The van der Waals surface area contributed by atoms with Crippen LogP contribution in [0, 0.1) is 17.0 Å². The number of carbonyl (C=O) groups is 1. The average molecular weight is 398 g/mol. The summed E-state index contributed by atoms with van der Waals surface area (Å²) in [6.45, 7) is 1.57. The minimum atomic E-state index is -0.496. The molecular formula is C19H18N4O6. The average Bonchev–Trinajstić information content (AvgIpc) is 3.19. The lowest BCUT2D eigenvalue weighted by atomic mass is 10.1. The van der Waals surface area contributed by atoms with E-state index in [-0.39, 0.29) is 18.1 Å². The maximum Gasteiger partial charge on any atom is 0.272 e. The van der Waals surface area contributed by atoms with E-state index >= 15 is 0 Å². The Hall–Kier alpha value is -3.95. The molecule has 1 N–H and O–H groups in total. The van der Waals surface area contributed by atoms with Gasteiger partial charge in [-0.3, -0.25) is 14.9 Å². The first-order chi connectivity index (χ1) is 13.9. The van der Waals surface area contributed by atoms with E-state index in [0.29, 0.717) is 34.0 Å². The minimum absolute atomic E-state index is 0.000336. The summed E-state index contributed by atoms with van der Waals surface area (Å²) < 4.78 is 15.7. The predicted molar refractivity (Wildman–Crippen MR) is 102 cm³/mol. The predicted octanol–water partition coefficient (Wildman–Crippen LogP) is 2.90. The van der Waals surface area contributed by atoms with Crippen molar-refractivity contribution in [1.82, 2.24) is 15.5 Å². The Morgan fingerprint density at radius 2 is 2.00 bits per heavy atom. The number of carbonyl (C=O) groups excluding carboxylic acids is 1. The number of nitro benzene ring substituents is 1. The molecule has 0 aliphatic rings.